The van der Waals surface area contributed by atoms with Crippen LogP contribution in [0, 0.1) is 6.92 Å². The summed E-state index contributed by atoms with van der Waals surface area (Å²) in [5.41, 5.74) is 4.45. The smallest absolute Gasteiger partial charge is 0.295 e. The normalized spacial score (nSPS) is 16.6. The number of carbonyl (C=O) groups is 2. The van der Waals surface area contributed by atoms with E-state index in [0.717, 1.165) is 28.1 Å². The van der Waals surface area contributed by atoms with E-state index < -0.39 is 17.2 Å². The predicted octanol–water partition coefficient (Wildman–Crippen LogP) is 3.47. The van der Waals surface area contributed by atoms with E-state index in [-0.39, 0.29) is 0 Å². The molecule has 0 atom stereocenters. The van der Waals surface area contributed by atoms with Gasteiger partial charge in [0.25, 0.3) is 11.7 Å². The molecular weight excluding hydrogens is 398 g/mol. The summed E-state index contributed by atoms with van der Waals surface area (Å²) in [5.74, 6) is -0.279. The lowest BCUT2D eigenvalue weighted by molar-refractivity contribution is -0.115. The van der Waals surface area contributed by atoms with Gasteiger partial charge in [-0.25, -0.2) is 0 Å². The van der Waals surface area contributed by atoms with E-state index in [1.54, 1.807) is 15.6 Å². The fraction of sp³-hybridized carbons (Fsp3) is 0.227. The summed E-state index contributed by atoms with van der Waals surface area (Å²) >= 11 is 1.52. The zero-order valence-electron chi connectivity index (χ0n) is 16.8. The molecule has 1 amide bonds. The van der Waals surface area contributed by atoms with Crippen molar-refractivity contribution in [3.63, 3.8) is 0 Å². The van der Waals surface area contributed by atoms with Crippen molar-refractivity contribution in [1.29, 1.82) is 0 Å². The number of benzene rings is 2. The van der Waals surface area contributed by atoms with E-state index in [4.69, 9.17) is 0 Å². The molecule has 0 saturated carbocycles. The number of anilines is 1. The Bertz CT molecular complexity index is 1230. The molecular formula is C22H19N5O2S. The minimum atomic E-state index is -0.596. The zero-order valence-corrected chi connectivity index (χ0v) is 17.6. The maximum Gasteiger partial charge on any atom is 0.300 e. The molecule has 0 N–H and O–H groups in total. The average molecular weight is 417 g/mol. The maximum absolute atomic E-state index is 12.7. The molecule has 150 valence electrons. The average Bonchev–Trinajstić information content (AvgIpc) is 3.29. The number of Topliss-reactive ketones (excluding diaryl/α,β-unsaturated/α-hetero) is 1. The Kier molecular flexibility index (Phi) is 4.14. The van der Waals surface area contributed by atoms with E-state index in [2.05, 4.69) is 21.6 Å². The van der Waals surface area contributed by atoms with Crippen LogP contribution in [0.25, 0.3) is 11.3 Å². The minimum Gasteiger partial charge on any atom is -0.295 e. The highest BCUT2D eigenvalue weighted by Gasteiger charge is 2.47. The molecule has 0 unspecified atom stereocenters. The summed E-state index contributed by atoms with van der Waals surface area (Å²) in [7, 11) is 0. The highest BCUT2D eigenvalue weighted by molar-refractivity contribution is 7.99. The number of carbonyl (C=O) groups excluding carboxylic acids is 2. The van der Waals surface area contributed by atoms with Crippen LogP contribution in [0.1, 0.15) is 35.3 Å². The second-order valence-electron chi connectivity index (χ2n) is 8.00. The first-order valence-corrected chi connectivity index (χ1v) is 10.6. The maximum atomic E-state index is 12.7. The molecule has 8 heteroatoms. The van der Waals surface area contributed by atoms with Crippen LogP contribution in [0.5, 0.6) is 0 Å². The number of aromatic nitrogens is 4. The van der Waals surface area contributed by atoms with Gasteiger partial charge in [0.1, 0.15) is 0 Å². The Morgan fingerprint density at radius 3 is 2.57 bits per heavy atom. The van der Waals surface area contributed by atoms with Crippen molar-refractivity contribution < 1.29 is 9.59 Å². The van der Waals surface area contributed by atoms with Gasteiger partial charge in [0.15, 0.2) is 0 Å². The second kappa shape index (κ2) is 6.63. The number of ketones is 1. The Morgan fingerprint density at radius 2 is 1.80 bits per heavy atom. The van der Waals surface area contributed by atoms with E-state index in [1.807, 2.05) is 57.2 Å². The van der Waals surface area contributed by atoms with Crippen LogP contribution < -0.4 is 4.90 Å². The van der Waals surface area contributed by atoms with Crippen molar-refractivity contribution in [2.75, 3.05) is 10.7 Å². The highest BCUT2D eigenvalue weighted by atomic mass is 32.2. The third-order valence-corrected chi connectivity index (χ3v) is 6.34. The third kappa shape index (κ3) is 2.79. The molecule has 0 radical (unpaired) electrons. The Hall–Kier alpha value is -3.26. The molecule has 0 fully saturated rings. The van der Waals surface area contributed by atoms with Gasteiger partial charge < -0.3 is 0 Å². The summed E-state index contributed by atoms with van der Waals surface area (Å²) < 4.78 is 1.71. The van der Waals surface area contributed by atoms with Gasteiger partial charge in [-0.1, -0.05) is 36.0 Å². The molecule has 2 aliphatic rings. The number of aryl methyl sites for hydroxylation is 1. The fourth-order valence-corrected chi connectivity index (χ4v) is 5.02. The van der Waals surface area contributed by atoms with Crippen molar-refractivity contribution in [2.24, 2.45) is 0 Å². The summed E-state index contributed by atoms with van der Waals surface area (Å²) in [6.45, 7) is 5.85. The molecule has 0 saturated heterocycles. The van der Waals surface area contributed by atoms with Gasteiger partial charge in [0, 0.05) is 11.3 Å². The van der Waals surface area contributed by atoms with E-state index in [9.17, 15) is 9.59 Å². The second-order valence-corrected chi connectivity index (χ2v) is 8.94. The minimum absolute atomic E-state index is 0.432. The Balaban J connectivity index is 1.53. The van der Waals surface area contributed by atoms with E-state index in [0.29, 0.717) is 16.5 Å². The number of hydrogen-bond acceptors (Lipinski definition) is 6. The van der Waals surface area contributed by atoms with Gasteiger partial charge in [-0.3, -0.25) is 14.5 Å². The van der Waals surface area contributed by atoms with Crippen molar-refractivity contribution in [2.45, 2.75) is 31.5 Å². The fourth-order valence-electron chi connectivity index (χ4n) is 4.14. The number of tetrazole rings is 1. The molecule has 30 heavy (non-hydrogen) atoms. The standard InChI is InChI=1S/C22H19N5O2S/c1-13-9-16-14(11-22(2,3)26-18(16)17(10-13)19(28)20(26)29)12-30-21-23-24-25-27(21)15-7-5-4-6-8-15/h4-11H,12H2,1-3H3. The molecule has 7 nitrogen and oxygen atoms in total. The van der Waals surface area contributed by atoms with E-state index in [1.165, 1.54) is 11.8 Å². The van der Waals surface area contributed by atoms with Crippen LogP contribution in [0.3, 0.4) is 0 Å². The molecule has 1 aromatic heterocycles. The first-order chi connectivity index (χ1) is 14.4. The lowest BCUT2D eigenvalue weighted by Crippen LogP contribution is -2.47. The molecule has 0 aliphatic carbocycles. The van der Waals surface area contributed by atoms with Gasteiger partial charge in [-0.15, -0.1) is 5.10 Å². The van der Waals surface area contributed by atoms with Crippen molar-refractivity contribution in [3.8, 4) is 5.69 Å². The molecule has 0 spiro atoms. The molecule has 2 aromatic carbocycles. The molecule has 0 bridgehead atoms. The molecule has 3 heterocycles. The monoisotopic (exact) mass is 417 g/mol. The molecule has 3 aromatic rings. The van der Waals surface area contributed by atoms with E-state index >= 15 is 0 Å². The quantitative estimate of drug-likeness (QED) is 0.478. The molecule has 2 aliphatic heterocycles. The Morgan fingerprint density at radius 1 is 1.07 bits per heavy atom. The van der Waals surface area contributed by atoms with Gasteiger partial charge in [-0.05, 0) is 66.6 Å². The van der Waals surface area contributed by atoms with Gasteiger partial charge in [0.2, 0.25) is 5.16 Å². The first-order valence-electron chi connectivity index (χ1n) is 9.59. The lowest BCUT2D eigenvalue weighted by Gasteiger charge is -2.39. The molecule has 5 rings (SSSR count). The number of amides is 1. The number of rotatable bonds is 4. The number of para-hydroxylation sites is 1. The first kappa shape index (κ1) is 18.7. The van der Waals surface area contributed by atoms with Crippen LogP contribution in [-0.2, 0) is 4.79 Å². The van der Waals surface area contributed by atoms with Crippen LogP contribution in [0.4, 0.5) is 5.69 Å². The number of thioether (sulfide) groups is 1. The zero-order chi connectivity index (χ0) is 21.0. The van der Waals surface area contributed by atoms with Crippen molar-refractivity contribution in [3.05, 3.63) is 65.2 Å². The van der Waals surface area contributed by atoms with Gasteiger partial charge >= 0.3 is 0 Å². The third-order valence-electron chi connectivity index (χ3n) is 5.37. The number of hydrogen-bond donors (Lipinski definition) is 0. The summed E-state index contributed by atoms with van der Waals surface area (Å²) in [4.78, 5) is 26.9. The van der Waals surface area contributed by atoms with Crippen LogP contribution in [0.2, 0.25) is 0 Å². The van der Waals surface area contributed by atoms with Gasteiger partial charge in [0.05, 0.1) is 22.5 Å². The Labute approximate surface area is 177 Å². The largest absolute Gasteiger partial charge is 0.300 e. The van der Waals surface area contributed by atoms with Crippen LogP contribution in [0.15, 0.2) is 53.7 Å². The van der Waals surface area contributed by atoms with Crippen LogP contribution in [-0.4, -0.2) is 43.2 Å². The van der Waals surface area contributed by atoms with Crippen molar-refractivity contribution >= 4 is 34.7 Å². The highest BCUT2D eigenvalue weighted by Crippen LogP contribution is 2.46. The summed E-state index contributed by atoms with van der Waals surface area (Å²) in [6, 6.07) is 13.6. The predicted molar refractivity (Wildman–Crippen MR) is 115 cm³/mol. The van der Waals surface area contributed by atoms with Crippen LogP contribution >= 0.6 is 11.8 Å². The van der Waals surface area contributed by atoms with Gasteiger partial charge in [-0.2, -0.15) is 4.68 Å². The van der Waals surface area contributed by atoms with Crippen molar-refractivity contribution in [1.82, 2.24) is 20.2 Å². The SMILES string of the molecule is Cc1cc2c3c(c1)C(CSc1nnnn1-c1ccccc1)=CC(C)(C)N3C(=O)C2=O. The lowest BCUT2D eigenvalue weighted by atomic mass is 9.88. The topological polar surface area (TPSA) is 81.0 Å². The summed E-state index contributed by atoms with van der Waals surface area (Å²) in [5, 5.41) is 12.8. The number of nitrogens with zero attached hydrogens (tertiary/aromatic N) is 5. The summed E-state index contributed by atoms with van der Waals surface area (Å²) in [6.07, 6.45) is 2.07.